The maximum Gasteiger partial charge on any atom is 0.340 e. The van der Waals surface area contributed by atoms with Crippen molar-refractivity contribution in [2.24, 2.45) is 0 Å². The van der Waals surface area contributed by atoms with Gasteiger partial charge < -0.3 is 9.84 Å². The van der Waals surface area contributed by atoms with E-state index in [2.05, 4.69) is 0 Å². The lowest BCUT2D eigenvalue weighted by Crippen LogP contribution is -2.07. The molecule has 0 amide bonds. The number of rotatable bonds is 2. The van der Waals surface area contributed by atoms with Gasteiger partial charge in [0.05, 0.1) is 7.11 Å². The third-order valence-corrected chi connectivity index (χ3v) is 2.96. The van der Waals surface area contributed by atoms with Gasteiger partial charge in [-0.2, -0.15) is 0 Å². The number of allylic oxidation sites excluding steroid dienone is 3. The zero-order valence-electron chi connectivity index (χ0n) is 9.86. The molecule has 17 heavy (non-hydrogen) atoms. The normalized spacial score (nSPS) is 15.8. The topological polar surface area (TPSA) is 46.5 Å². The molecule has 3 heteroatoms. The van der Waals surface area contributed by atoms with Crippen LogP contribution in [0.3, 0.4) is 0 Å². The van der Waals surface area contributed by atoms with Crippen molar-refractivity contribution < 1.29 is 14.6 Å². The van der Waals surface area contributed by atoms with Crippen LogP contribution in [-0.2, 0) is 0 Å². The second kappa shape index (κ2) is 4.45. The summed E-state index contributed by atoms with van der Waals surface area (Å²) in [6.45, 7) is 1.96. The Balaban J connectivity index is 2.74. The van der Waals surface area contributed by atoms with E-state index in [1.54, 1.807) is 6.07 Å². The molecule has 88 valence electrons. The fourth-order valence-corrected chi connectivity index (χ4v) is 2.13. The summed E-state index contributed by atoms with van der Waals surface area (Å²) in [5.41, 5.74) is 3.09. The van der Waals surface area contributed by atoms with Crippen molar-refractivity contribution in [1.29, 1.82) is 0 Å². The van der Waals surface area contributed by atoms with E-state index < -0.39 is 5.97 Å². The van der Waals surface area contributed by atoms with Gasteiger partial charge in [-0.1, -0.05) is 24.3 Å². The molecule has 0 spiro atoms. The highest BCUT2D eigenvalue weighted by atomic mass is 16.5. The molecular weight excluding hydrogens is 216 g/mol. The third-order valence-electron chi connectivity index (χ3n) is 2.96. The van der Waals surface area contributed by atoms with Gasteiger partial charge in [-0.05, 0) is 36.1 Å². The van der Waals surface area contributed by atoms with Crippen LogP contribution in [0.25, 0.3) is 11.6 Å². The average Bonchev–Trinajstić information content (AvgIpc) is 2.36. The summed E-state index contributed by atoms with van der Waals surface area (Å²) in [6.07, 6.45) is 6.69. The molecule has 0 saturated carbocycles. The number of carboxylic acid groups (broad SMARTS) is 1. The number of hydrogen-bond donors (Lipinski definition) is 1. The monoisotopic (exact) mass is 230 g/mol. The summed E-state index contributed by atoms with van der Waals surface area (Å²) < 4.78 is 5.11. The lowest BCUT2D eigenvalue weighted by atomic mass is 9.88. The van der Waals surface area contributed by atoms with Gasteiger partial charge in [0.1, 0.15) is 11.3 Å². The Kier molecular flexibility index (Phi) is 3.00. The van der Waals surface area contributed by atoms with Gasteiger partial charge in [0.25, 0.3) is 0 Å². The lowest BCUT2D eigenvalue weighted by Gasteiger charge is -2.18. The third kappa shape index (κ3) is 1.84. The summed E-state index contributed by atoms with van der Waals surface area (Å²) in [6, 6.07) is 3.63. The Hall–Kier alpha value is -2.03. The summed E-state index contributed by atoms with van der Waals surface area (Å²) in [4.78, 5) is 11.3. The molecule has 0 heterocycles. The van der Waals surface area contributed by atoms with Crippen LogP contribution in [0.5, 0.6) is 5.75 Å². The Labute approximate surface area is 100 Å². The number of carboxylic acids is 1. The zero-order chi connectivity index (χ0) is 12.4. The van der Waals surface area contributed by atoms with Crippen LogP contribution in [-0.4, -0.2) is 18.2 Å². The Morgan fingerprint density at radius 3 is 2.82 bits per heavy atom. The van der Waals surface area contributed by atoms with Gasteiger partial charge in [-0.25, -0.2) is 4.79 Å². The van der Waals surface area contributed by atoms with Gasteiger partial charge in [-0.15, -0.1) is 0 Å². The van der Waals surface area contributed by atoms with Crippen molar-refractivity contribution >= 4 is 17.6 Å². The maximum atomic E-state index is 11.3. The first kappa shape index (κ1) is 11.5. The Morgan fingerprint density at radius 2 is 2.24 bits per heavy atom. The first-order chi connectivity index (χ1) is 8.19. The molecule has 0 aromatic heterocycles. The first-order valence-electron chi connectivity index (χ1n) is 5.45. The van der Waals surface area contributed by atoms with E-state index in [1.807, 2.05) is 31.2 Å². The van der Waals surface area contributed by atoms with E-state index in [0.29, 0.717) is 5.75 Å². The Bertz CT molecular complexity index is 525. The summed E-state index contributed by atoms with van der Waals surface area (Å²) in [5, 5.41) is 9.28. The quantitative estimate of drug-likeness (QED) is 0.848. The van der Waals surface area contributed by atoms with E-state index in [9.17, 15) is 9.90 Å². The molecule has 0 unspecified atom stereocenters. The van der Waals surface area contributed by atoms with E-state index in [0.717, 1.165) is 23.1 Å². The molecule has 3 nitrogen and oxygen atoms in total. The van der Waals surface area contributed by atoms with Gasteiger partial charge in [0, 0.05) is 0 Å². The molecule has 0 saturated heterocycles. The highest BCUT2D eigenvalue weighted by Gasteiger charge is 2.21. The lowest BCUT2D eigenvalue weighted by molar-refractivity contribution is 0.0693. The SMILES string of the molecule is CC=C1CC=Cc2c1ccc(OC)c2C(=O)O. The molecule has 0 atom stereocenters. The summed E-state index contributed by atoms with van der Waals surface area (Å²) in [5.74, 6) is -0.557. The number of fused-ring (bicyclic) bond motifs is 1. The number of carbonyl (C=O) groups is 1. The highest BCUT2D eigenvalue weighted by Crippen LogP contribution is 2.35. The molecule has 1 aliphatic rings. The van der Waals surface area contributed by atoms with Crippen LogP contribution in [0.1, 0.15) is 34.8 Å². The number of hydrogen-bond acceptors (Lipinski definition) is 2. The maximum absolute atomic E-state index is 11.3. The molecule has 1 N–H and O–H groups in total. The molecular formula is C14H14O3. The van der Waals surface area contributed by atoms with Crippen LogP contribution in [0.2, 0.25) is 0 Å². The van der Waals surface area contributed by atoms with Crippen LogP contribution in [0.4, 0.5) is 0 Å². The van der Waals surface area contributed by atoms with E-state index in [4.69, 9.17) is 4.74 Å². The summed E-state index contributed by atoms with van der Waals surface area (Å²) >= 11 is 0. The van der Waals surface area contributed by atoms with Gasteiger partial charge in [0.2, 0.25) is 0 Å². The number of aromatic carboxylic acids is 1. The average molecular weight is 230 g/mol. The zero-order valence-corrected chi connectivity index (χ0v) is 9.86. The van der Waals surface area contributed by atoms with Crippen molar-refractivity contribution in [2.75, 3.05) is 7.11 Å². The van der Waals surface area contributed by atoms with Crippen molar-refractivity contribution in [3.63, 3.8) is 0 Å². The second-order valence-electron chi connectivity index (χ2n) is 3.83. The Morgan fingerprint density at radius 1 is 1.47 bits per heavy atom. The van der Waals surface area contributed by atoms with Gasteiger partial charge >= 0.3 is 5.97 Å². The minimum absolute atomic E-state index is 0.236. The molecule has 1 aromatic rings. The highest BCUT2D eigenvalue weighted by molar-refractivity contribution is 5.99. The second-order valence-corrected chi connectivity index (χ2v) is 3.83. The van der Waals surface area contributed by atoms with Crippen molar-refractivity contribution in [1.82, 2.24) is 0 Å². The van der Waals surface area contributed by atoms with Crippen LogP contribution in [0, 0.1) is 0 Å². The van der Waals surface area contributed by atoms with E-state index in [-0.39, 0.29) is 5.56 Å². The van der Waals surface area contributed by atoms with E-state index >= 15 is 0 Å². The predicted molar refractivity (Wildman–Crippen MR) is 67.3 cm³/mol. The molecule has 0 bridgehead atoms. The standard InChI is InChI=1S/C14H14O3/c1-3-9-5-4-6-11-10(9)7-8-12(17-2)13(11)14(15)16/h3-4,6-8H,5H2,1-2H3,(H,15,16). The molecule has 0 fully saturated rings. The van der Waals surface area contributed by atoms with Crippen molar-refractivity contribution in [3.8, 4) is 5.75 Å². The van der Waals surface area contributed by atoms with Crippen LogP contribution < -0.4 is 4.74 Å². The molecule has 0 radical (unpaired) electrons. The predicted octanol–water partition coefficient (Wildman–Crippen LogP) is 3.21. The van der Waals surface area contributed by atoms with E-state index in [1.165, 1.54) is 7.11 Å². The fraction of sp³-hybridized carbons (Fsp3) is 0.214. The molecule has 1 aliphatic carbocycles. The molecule has 0 aliphatic heterocycles. The number of methoxy groups -OCH3 is 1. The first-order valence-corrected chi connectivity index (χ1v) is 5.45. The minimum Gasteiger partial charge on any atom is -0.496 e. The minimum atomic E-state index is -0.958. The van der Waals surface area contributed by atoms with Crippen LogP contribution in [0.15, 0.2) is 24.3 Å². The van der Waals surface area contributed by atoms with Crippen molar-refractivity contribution in [3.05, 3.63) is 41.0 Å². The van der Waals surface area contributed by atoms with Crippen molar-refractivity contribution in [2.45, 2.75) is 13.3 Å². The molecule has 2 rings (SSSR count). The van der Waals surface area contributed by atoms with Crippen LogP contribution >= 0.6 is 0 Å². The summed E-state index contributed by atoms with van der Waals surface area (Å²) in [7, 11) is 1.48. The molecule has 1 aromatic carbocycles. The smallest absolute Gasteiger partial charge is 0.340 e. The van der Waals surface area contributed by atoms with Gasteiger partial charge in [-0.3, -0.25) is 0 Å². The number of ether oxygens (including phenoxy) is 1. The number of benzene rings is 1. The largest absolute Gasteiger partial charge is 0.496 e. The fourth-order valence-electron chi connectivity index (χ4n) is 2.13. The van der Waals surface area contributed by atoms with Gasteiger partial charge in [0.15, 0.2) is 0 Å².